The number of amides is 1. The molecule has 38 heavy (non-hydrogen) atoms. The molecule has 2 fully saturated rings. The van der Waals surface area contributed by atoms with Gasteiger partial charge in [-0.25, -0.2) is 4.98 Å². The number of nitrogens with zero attached hydrogens (tertiary/aromatic N) is 7. The van der Waals surface area contributed by atoms with Crippen LogP contribution in [0.25, 0.3) is 16.9 Å². The van der Waals surface area contributed by atoms with Crippen LogP contribution >= 0.6 is 0 Å². The number of piperazine rings is 1. The highest BCUT2D eigenvalue weighted by Gasteiger charge is 2.23. The first-order valence-corrected chi connectivity index (χ1v) is 13.1. The number of anilines is 3. The van der Waals surface area contributed by atoms with Gasteiger partial charge in [0.1, 0.15) is 17.6 Å². The Bertz CT molecular complexity index is 1470. The highest BCUT2D eigenvalue weighted by molar-refractivity contribution is 5.84. The molecule has 0 bridgehead atoms. The van der Waals surface area contributed by atoms with Gasteiger partial charge in [-0.1, -0.05) is 24.3 Å². The number of hydrogen-bond acceptors (Lipinski definition) is 7. The molecule has 2 aliphatic heterocycles. The monoisotopic (exact) mass is 506 g/mol. The van der Waals surface area contributed by atoms with Crippen molar-refractivity contribution in [3.05, 3.63) is 72.7 Å². The minimum atomic E-state index is 0.0394. The van der Waals surface area contributed by atoms with Gasteiger partial charge >= 0.3 is 0 Å². The van der Waals surface area contributed by atoms with Gasteiger partial charge in [0.15, 0.2) is 5.65 Å². The summed E-state index contributed by atoms with van der Waals surface area (Å²) < 4.78 is 1.95. The van der Waals surface area contributed by atoms with Crippen molar-refractivity contribution in [3.63, 3.8) is 0 Å². The molecule has 2 saturated heterocycles. The van der Waals surface area contributed by atoms with Crippen LogP contribution in [0.5, 0.6) is 0 Å². The number of rotatable bonds is 6. The minimum Gasteiger partial charge on any atom is -0.372 e. The number of benzene rings is 2. The molecule has 2 aromatic carbocycles. The number of carbonyl (C=O) groups is 1. The molecule has 9 nitrogen and oxygen atoms in total. The lowest BCUT2D eigenvalue weighted by atomic mass is 10.1. The van der Waals surface area contributed by atoms with Crippen LogP contribution < -0.4 is 15.1 Å². The molecule has 0 atom stereocenters. The third-order valence-electron chi connectivity index (χ3n) is 7.45. The molecular weight excluding hydrogens is 476 g/mol. The van der Waals surface area contributed by atoms with Crippen molar-refractivity contribution in [2.45, 2.75) is 12.8 Å². The molecule has 2 aliphatic rings. The van der Waals surface area contributed by atoms with Gasteiger partial charge in [0, 0.05) is 62.9 Å². The van der Waals surface area contributed by atoms with Crippen molar-refractivity contribution < 1.29 is 4.79 Å². The maximum atomic E-state index is 13.2. The summed E-state index contributed by atoms with van der Waals surface area (Å²) in [7, 11) is 0. The highest BCUT2D eigenvalue weighted by atomic mass is 16.2. The van der Waals surface area contributed by atoms with Crippen LogP contribution in [0.15, 0.2) is 67.1 Å². The average molecular weight is 507 g/mol. The Balaban J connectivity index is 1.15. The molecule has 0 unspecified atom stereocenters. The van der Waals surface area contributed by atoms with E-state index in [1.165, 1.54) is 18.5 Å². The third kappa shape index (κ3) is 4.61. The Labute approximate surface area is 221 Å². The number of para-hydroxylation sites is 1. The van der Waals surface area contributed by atoms with Gasteiger partial charge < -0.3 is 20.0 Å². The molecule has 192 valence electrons. The second-order valence-electron chi connectivity index (χ2n) is 9.70. The van der Waals surface area contributed by atoms with Crippen LogP contribution in [-0.2, 0) is 4.79 Å². The Kier molecular flexibility index (Phi) is 6.53. The maximum absolute atomic E-state index is 13.2. The smallest absolute Gasteiger partial charge is 0.242 e. The largest absolute Gasteiger partial charge is 0.372 e. The molecule has 6 rings (SSSR count). The Morgan fingerprint density at radius 3 is 2.47 bits per heavy atom. The molecule has 0 aliphatic carbocycles. The van der Waals surface area contributed by atoms with E-state index < -0.39 is 0 Å². The average Bonchev–Trinajstić information content (AvgIpc) is 3.65. The first-order valence-electron chi connectivity index (χ1n) is 13.1. The molecule has 0 radical (unpaired) electrons. The van der Waals surface area contributed by atoms with Crippen LogP contribution in [0.2, 0.25) is 0 Å². The summed E-state index contributed by atoms with van der Waals surface area (Å²) in [4.78, 5) is 28.7. The van der Waals surface area contributed by atoms with Crippen LogP contribution in [-0.4, -0.2) is 71.0 Å². The van der Waals surface area contributed by atoms with E-state index in [4.69, 9.17) is 4.98 Å². The van der Waals surface area contributed by atoms with E-state index in [0.29, 0.717) is 31.7 Å². The Morgan fingerprint density at radius 1 is 0.947 bits per heavy atom. The number of aromatic nitrogens is 3. The maximum Gasteiger partial charge on any atom is 0.242 e. The van der Waals surface area contributed by atoms with Crippen molar-refractivity contribution in [1.82, 2.24) is 19.3 Å². The summed E-state index contributed by atoms with van der Waals surface area (Å²) >= 11 is 0. The van der Waals surface area contributed by atoms with Gasteiger partial charge in [-0.3, -0.25) is 14.2 Å². The summed E-state index contributed by atoms with van der Waals surface area (Å²) in [5, 5.41) is 12.8. The number of carbonyl (C=O) groups excluding carboxylic acids is 1. The number of fused-ring (bicyclic) bond motifs is 1. The van der Waals surface area contributed by atoms with Gasteiger partial charge in [0.25, 0.3) is 0 Å². The van der Waals surface area contributed by atoms with Crippen LogP contribution in [0, 0.1) is 11.3 Å². The second kappa shape index (κ2) is 10.4. The van der Waals surface area contributed by atoms with Crippen LogP contribution in [0.3, 0.4) is 0 Å². The normalized spacial score (nSPS) is 15.6. The molecule has 4 heterocycles. The van der Waals surface area contributed by atoms with Gasteiger partial charge in [0.2, 0.25) is 5.91 Å². The number of nitrogens with one attached hydrogen (secondary N) is 1. The lowest BCUT2D eigenvalue weighted by molar-refractivity contribution is -0.129. The van der Waals surface area contributed by atoms with Gasteiger partial charge in [-0.15, -0.1) is 0 Å². The Morgan fingerprint density at radius 2 is 1.71 bits per heavy atom. The molecule has 0 spiro atoms. The fourth-order valence-corrected chi connectivity index (χ4v) is 5.39. The summed E-state index contributed by atoms with van der Waals surface area (Å²) in [6.45, 7) is 5.00. The summed E-state index contributed by atoms with van der Waals surface area (Å²) in [5.74, 6) is 0.823. The molecule has 1 N–H and O–H groups in total. The van der Waals surface area contributed by atoms with Crippen LogP contribution in [0.1, 0.15) is 18.4 Å². The first kappa shape index (κ1) is 23.8. The summed E-state index contributed by atoms with van der Waals surface area (Å²) in [6, 6.07) is 18.4. The van der Waals surface area contributed by atoms with E-state index >= 15 is 0 Å². The first-order chi connectivity index (χ1) is 18.7. The molecule has 9 heteroatoms. The molecular formula is C29H30N8O. The van der Waals surface area contributed by atoms with E-state index in [1.54, 1.807) is 12.4 Å². The quantitative estimate of drug-likeness (QED) is 0.427. The second-order valence-corrected chi connectivity index (χ2v) is 9.70. The minimum absolute atomic E-state index is 0.0394. The SMILES string of the molecule is N#Cc1ccccc1N1CCN(C(=O)CNc2c(-c3ccc(N4CCCC4)cc3)nc3cnccn23)CC1. The predicted molar refractivity (Wildman–Crippen MR) is 148 cm³/mol. The lowest BCUT2D eigenvalue weighted by Gasteiger charge is -2.36. The zero-order chi connectivity index (χ0) is 25.9. The fourth-order valence-electron chi connectivity index (χ4n) is 5.39. The van der Waals surface area contributed by atoms with Gasteiger partial charge in [-0.05, 0) is 37.1 Å². The third-order valence-corrected chi connectivity index (χ3v) is 7.45. The van der Waals surface area contributed by atoms with E-state index in [1.807, 2.05) is 39.8 Å². The molecule has 2 aromatic heterocycles. The zero-order valence-electron chi connectivity index (χ0n) is 21.3. The van der Waals surface area contributed by atoms with Crippen molar-refractivity contribution >= 4 is 28.7 Å². The standard InChI is InChI=1S/C29H30N8O/c30-19-23-5-1-2-6-25(23)35-15-17-36(18-16-35)27(38)21-32-29-28(33-26-20-31-11-14-37(26)29)22-7-9-24(10-8-22)34-12-3-4-13-34/h1-2,5-11,14,20,32H,3-4,12-13,15-18,21H2. The zero-order valence-corrected chi connectivity index (χ0v) is 21.3. The lowest BCUT2D eigenvalue weighted by Crippen LogP contribution is -2.50. The van der Waals surface area contributed by atoms with E-state index in [2.05, 4.69) is 50.4 Å². The van der Waals surface area contributed by atoms with Crippen molar-refractivity contribution in [2.75, 3.05) is 60.9 Å². The van der Waals surface area contributed by atoms with Crippen molar-refractivity contribution in [2.24, 2.45) is 0 Å². The number of nitriles is 1. The highest BCUT2D eigenvalue weighted by Crippen LogP contribution is 2.31. The van der Waals surface area contributed by atoms with E-state index in [9.17, 15) is 10.1 Å². The topological polar surface area (TPSA) is 92.8 Å². The molecule has 1 amide bonds. The number of imidazole rings is 1. The predicted octanol–water partition coefficient (Wildman–Crippen LogP) is 3.63. The van der Waals surface area contributed by atoms with Crippen molar-refractivity contribution in [3.8, 4) is 17.3 Å². The van der Waals surface area contributed by atoms with Gasteiger partial charge in [-0.2, -0.15) is 5.26 Å². The summed E-state index contributed by atoms with van der Waals surface area (Å²) in [6.07, 6.45) is 7.80. The summed E-state index contributed by atoms with van der Waals surface area (Å²) in [5.41, 5.74) is 5.36. The van der Waals surface area contributed by atoms with Crippen LogP contribution in [0.4, 0.5) is 17.2 Å². The van der Waals surface area contributed by atoms with E-state index in [0.717, 1.165) is 41.5 Å². The number of hydrogen-bond donors (Lipinski definition) is 1. The molecule has 4 aromatic rings. The van der Waals surface area contributed by atoms with Crippen molar-refractivity contribution in [1.29, 1.82) is 5.26 Å². The van der Waals surface area contributed by atoms with E-state index in [-0.39, 0.29) is 12.5 Å². The fraction of sp³-hybridized carbons (Fsp3) is 0.310. The molecule has 0 saturated carbocycles. The van der Waals surface area contributed by atoms with Gasteiger partial charge in [0.05, 0.1) is 24.0 Å². The Hall–Kier alpha value is -4.58.